The number of nitrogens with zero attached hydrogens (tertiary/aromatic N) is 2. The molecule has 5 nitrogen and oxygen atoms in total. The maximum atomic E-state index is 12.0. The molecule has 1 aromatic carbocycles. The van der Waals surface area contributed by atoms with Crippen LogP contribution in [-0.2, 0) is 6.54 Å². The summed E-state index contributed by atoms with van der Waals surface area (Å²) in [7, 11) is 0. The summed E-state index contributed by atoms with van der Waals surface area (Å²) in [5.41, 5.74) is 0.399. The van der Waals surface area contributed by atoms with Gasteiger partial charge in [0.2, 0.25) is 0 Å². The zero-order chi connectivity index (χ0) is 18.7. The third kappa shape index (κ3) is 4.65. The van der Waals surface area contributed by atoms with Crippen molar-refractivity contribution in [3.05, 3.63) is 67.7 Å². The lowest BCUT2D eigenvalue weighted by atomic mass is 10.3. The van der Waals surface area contributed by atoms with Gasteiger partial charge in [0, 0.05) is 22.0 Å². The molecule has 0 spiro atoms. The molecule has 0 aliphatic carbocycles. The minimum atomic E-state index is -0.935. The van der Waals surface area contributed by atoms with Crippen LogP contribution in [0.4, 0.5) is 0 Å². The van der Waals surface area contributed by atoms with Crippen molar-refractivity contribution in [1.82, 2.24) is 9.78 Å². The first-order valence-electron chi connectivity index (χ1n) is 7.83. The van der Waals surface area contributed by atoms with Crippen LogP contribution < -0.4 is 10.3 Å². The average molecular weight is 411 g/mol. The smallest absolute Gasteiger partial charge is 0.266 e. The SMILES string of the molecule is Cc1ccc(-c2ccc(=O)n(CC(O)COc3cc(Cl)ccc3Cl)n2)s1. The van der Waals surface area contributed by atoms with E-state index in [0.29, 0.717) is 21.5 Å². The van der Waals surface area contributed by atoms with Crippen molar-refractivity contribution in [3.8, 4) is 16.3 Å². The lowest BCUT2D eigenvalue weighted by Crippen LogP contribution is -2.31. The highest BCUT2D eigenvalue weighted by Gasteiger charge is 2.12. The summed E-state index contributed by atoms with van der Waals surface area (Å²) in [6, 6.07) is 11.9. The molecule has 1 atom stereocenters. The van der Waals surface area contributed by atoms with Crippen LogP contribution in [-0.4, -0.2) is 27.6 Å². The van der Waals surface area contributed by atoms with Gasteiger partial charge < -0.3 is 9.84 Å². The molecule has 0 fully saturated rings. The van der Waals surface area contributed by atoms with Crippen molar-refractivity contribution in [1.29, 1.82) is 0 Å². The van der Waals surface area contributed by atoms with Crippen LogP contribution in [0, 0.1) is 6.92 Å². The Balaban J connectivity index is 1.70. The molecular weight excluding hydrogens is 395 g/mol. The van der Waals surface area contributed by atoms with Crippen molar-refractivity contribution >= 4 is 34.5 Å². The average Bonchev–Trinajstić information content (AvgIpc) is 3.04. The van der Waals surface area contributed by atoms with Crippen LogP contribution >= 0.6 is 34.5 Å². The molecule has 8 heteroatoms. The van der Waals surface area contributed by atoms with Gasteiger partial charge in [0.25, 0.3) is 5.56 Å². The van der Waals surface area contributed by atoms with Crippen LogP contribution in [0.5, 0.6) is 5.75 Å². The minimum absolute atomic E-state index is 0.00914. The largest absolute Gasteiger partial charge is 0.489 e. The van der Waals surface area contributed by atoms with Gasteiger partial charge in [-0.15, -0.1) is 11.3 Å². The number of aliphatic hydroxyl groups excluding tert-OH is 1. The standard InChI is InChI=1S/C18H16Cl2N2O3S/c1-11-2-6-17(26-11)15-5-7-18(24)22(21-15)9-13(23)10-25-16-8-12(19)3-4-14(16)20/h2-8,13,23H,9-10H2,1H3. The van der Waals surface area contributed by atoms with Crippen LogP contribution in [0.3, 0.4) is 0 Å². The highest BCUT2D eigenvalue weighted by molar-refractivity contribution is 7.15. The van der Waals surface area contributed by atoms with Crippen LogP contribution in [0.1, 0.15) is 4.88 Å². The second-order valence-electron chi connectivity index (χ2n) is 5.69. The molecule has 0 saturated heterocycles. The van der Waals surface area contributed by atoms with Gasteiger partial charge in [-0.05, 0) is 37.3 Å². The molecule has 0 saturated carbocycles. The number of benzene rings is 1. The molecule has 136 valence electrons. The summed E-state index contributed by atoms with van der Waals surface area (Å²) >= 11 is 13.5. The third-order valence-electron chi connectivity index (χ3n) is 3.57. The quantitative estimate of drug-likeness (QED) is 0.666. The Hall–Kier alpha value is -1.86. The van der Waals surface area contributed by atoms with Gasteiger partial charge in [-0.25, -0.2) is 4.68 Å². The van der Waals surface area contributed by atoms with Gasteiger partial charge in [-0.3, -0.25) is 4.79 Å². The van der Waals surface area contributed by atoms with E-state index in [2.05, 4.69) is 5.10 Å². The number of hydrogen-bond donors (Lipinski definition) is 1. The number of ether oxygens (including phenoxy) is 1. The highest BCUT2D eigenvalue weighted by atomic mass is 35.5. The van der Waals surface area contributed by atoms with Crippen LogP contribution in [0.25, 0.3) is 10.6 Å². The molecule has 26 heavy (non-hydrogen) atoms. The first-order chi connectivity index (χ1) is 12.4. The normalized spacial score (nSPS) is 12.2. The van der Waals surface area contributed by atoms with Gasteiger partial charge in [-0.2, -0.15) is 5.10 Å². The molecule has 1 N–H and O–H groups in total. The fourth-order valence-corrected chi connectivity index (χ4v) is 3.48. The first-order valence-corrected chi connectivity index (χ1v) is 9.40. The number of halogens is 2. The van der Waals surface area contributed by atoms with Crippen molar-refractivity contribution in [2.75, 3.05) is 6.61 Å². The molecule has 1 unspecified atom stereocenters. The Kier molecular flexibility index (Phi) is 5.98. The fraction of sp³-hybridized carbons (Fsp3) is 0.222. The summed E-state index contributed by atoms with van der Waals surface area (Å²) in [4.78, 5) is 14.2. The van der Waals surface area contributed by atoms with Gasteiger partial charge in [0.15, 0.2) is 0 Å². The number of rotatable bonds is 6. The van der Waals surface area contributed by atoms with Crippen LogP contribution in [0.15, 0.2) is 47.3 Å². The predicted molar refractivity (Wildman–Crippen MR) is 105 cm³/mol. The van der Waals surface area contributed by atoms with E-state index in [9.17, 15) is 9.90 Å². The number of thiophene rings is 1. The maximum absolute atomic E-state index is 12.0. The molecule has 3 rings (SSSR count). The van der Waals surface area contributed by atoms with Crippen molar-refractivity contribution in [2.45, 2.75) is 19.6 Å². The topological polar surface area (TPSA) is 64.4 Å². The van der Waals surface area contributed by atoms with E-state index in [4.69, 9.17) is 27.9 Å². The Morgan fingerprint density at radius 2 is 2.04 bits per heavy atom. The van der Waals surface area contributed by atoms with Crippen LogP contribution in [0.2, 0.25) is 10.0 Å². The summed E-state index contributed by atoms with van der Waals surface area (Å²) in [6.07, 6.45) is -0.935. The fourth-order valence-electron chi connectivity index (χ4n) is 2.31. The van der Waals surface area contributed by atoms with Gasteiger partial charge >= 0.3 is 0 Å². The number of aromatic nitrogens is 2. The van der Waals surface area contributed by atoms with E-state index in [-0.39, 0.29) is 18.7 Å². The second-order valence-corrected chi connectivity index (χ2v) is 7.82. The molecule has 2 heterocycles. The number of aryl methyl sites for hydroxylation is 1. The zero-order valence-corrected chi connectivity index (χ0v) is 16.2. The maximum Gasteiger partial charge on any atom is 0.266 e. The Labute approximate surface area is 164 Å². The summed E-state index contributed by atoms with van der Waals surface area (Å²) < 4.78 is 6.74. The molecular formula is C18H16Cl2N2O3S. The first kappa shape index (κ1) is 18.9. The monoisotopic (exact) mass is 410 g/mol. The van der Waals surface area contributed by atoms with E-state index in [0.717, 1.165) is 9.75 Å². The molecule has 0 radical (unpaired) electrons. The van der Waals surface area contributed by atoms with E-state index >= 15 is 0 Å². The summed E-state index contributed by atoms with van der Waals surface area (Å²) in [6.45, 7) is 1.97. The number of aliphatic hydroxyl groups is 1. The predicted octanol–water partition coefficient (Wildman–Crippen LogP) is 4.03. The Bertz CT molecular complexity index is 971. The zero-order valence-electron chi connectivity index (χ0n) is 13.9. The van der Waals surface area contributed by atoms with E-state index in [1.165, 1.54) is 10.7 Å². The molecule has 3 aromatic rings. The molecule has 0 bridgehead atoms. The molecule has 0 aliphatic rings. The lowest BCUT2D eigenvalue weighted by Gasteiger charge is -2.14. The third-order valence-corrected chi connectivity index (χ3v) is 5.14. The van der Waals surface area contributed by atoms with E-state index < -0.39 is 6.10 Å². The van der Waals surface area contributed by atoms with Gasteiger partial charge in [-0.1, -0.05) is 23.2 Å². The van der Waals surface area contributed by atoms with Gasteiger partial charge in [0.1, 0.15) is 24.2 Å². The van der Waals surface area contributed by atoms with Crippen molar-refractivity contribution in [3.63, 3.8) is 0 Å². The van der Waals surface area contributed by atoms with Crippen molar-refractivity contribution < 1.29 is 9.84 Å². The second kappa shape index (κ2) is 8.22. The number of hydrogen-bond acceptors (Lipinski definition) is 5. The Morgan fingerprint density at radius 1 is 1.23 bits per heavy atom. The highest BCUT2D eigenvalue weighted by Crippen LogP contribution is 2.28. The van der Waals surface area contributed by atoms with Crippen molar-refractivity contribution in [2.24, 2.45) is 0 Å². The summed E-state index contributed by atoms with van der Waals surface area (Å²) in [5.74, 6) is 0.376. The van der Waals surface area contributed by atoms with E-state index in [1.54, 1.807) is 35.6 Å². The minimum Gasteiger partial charge on any atom is -0.489 e. The Morgan fingerprint density at radius 3 is 2.77 bits per heavy atom. The lowest BCUT2D eigenvalue weighted by molar-refractivity contribution is 0.0881. The summed E-state index contributed by atoms with van der Waals surface area (Å²) in [5, 5.41) is 15.4. The molecule has 0 aliphatic heterocycles. The van der Waals surface area contributed by atoms with E-state index in [1.807, 2.05) is 19.1 Å². The molecule has 2 aromatic heterocycles. The van der Waals surface area contributed by atoms with Gasteiger partial charge in [0.05, 0.1) is 16.4 Å². The molecule has 0 amide bonds.